The molecule has 21 heavy (non-hydrogen) atoms. The summed E-state index contributed by atoms with van der Waals surface area (Å²) in [6.45, 7) is 7.67. The zero-order valence-electron chi connectivity index (χ0n) is 13.4. The van der Waals surface area contributed by atoms with Gasteiger partial charge in [-0.1, -0.05) is 12.1 Å². The second kappa shape index (κ2) is 7.89. The van der Waals surface area contributed by atoms with Crippen molar-refractivity contribution in [1.82, 2.24) is 9.62 Å². The number of hydrogen-bond donors (Lipinski definition) is 2. The molecule has 1 rings (SSSR count). The van der Waals surface area contributed by atoms with Crippen LogP contribution in [0, 0.1) is 6.92 Å². The minimum atomic E-state index is -3.47. The van der Waals surface area contributed by atoms with Crippen LogP contribution in [0.4, 0.5) is 0 Å². The lowest BCUT2D eigenvalue weighted by Crippen LogP contribution is -2.31. The number of nitrogens with one attached hydrogen (secondary N) is 1. The summed E-state index contributed by atoms with van der Waals surface area (Å²) in [5, 5.41) is 0. The van der Waals surface area contributed by atoms with Gasteiger partial charge >= 0.3 is 0 Å². The van der Waals surface area contributed by atoms with Gasteiger partial charge in [-0.2, -0.15) is 0 Å². The Bertz CT molecular complexity index is 556. The van der Waals surface area contributed by atoms with Crippen molar-refractivity contribution in [2.24, 2.45) is 5.73 Å². The molecule has 1 aromatic rings. The largest absolute Gasteiger partial charge is 0.326 e. The number of nitrogens with zero attached hydrogens (tertiary/aromatic N) is 1. The lowest BCUT2D eigenvalue weighted by molar-refractivity contribution is 0.271. The van der Waals surface area contributed by atoms with Gasteiger partial charge in [0.15, 0.2) is 0 Å². The van der Waals surface area contributed by atoms with E-state index >= 15 is 0 Å². The van der Waals surface area contributed by atoms with E-state index in [1.54, 1.807) is 19.1 Å². The number of hydrogen-bond acceptors (Lipinski definition) is 4. The Labute approximate surface area is 128 Å². The summed E-state index contributed by atoms with van der Waals surface area (Å²) in [4.78, 5) is 2.51. The van der Waals surface area contributed by atoms with Crippen LogP contribution < -0.4 is 10.5 Å². The zero-order chi connectivity index (χ0) is 16.0. The smallest absolute Gasteiger partial charge is 0.240 e. The standard InChI is InChI=1S/C15H27N3O2S/c1-12(2)18(4)10-6-9-17-21(19,20)15-8-5-7-14(11-16)13(15)3/h5,7-8,12,17H,6,9-11,16H2,1-4H3. The molecule has 0 unspecified atom stereocenters. The molecule has 5 nitrogen and oxygen atoms in total. The van der Waals surface area contributed by atoms with Crippen molar-refractivity contribution in [3.05, 3.63) is 29.3 Å². The monoisotopic (exact) mass is 313 g/mol. The average Bonchev–Trinajstić information content (AvgIpc) is 2.43. The van der Waals surface area contributed by atoms with Crippen molar-refractivity contribution < 1.29 is 8.42 Å². The van der Waals surface area contributed by atoms with Gasteiger partial charge in [0.25, 0.3) is 0 Å². The first-order valence-corrected chi connectivity index (χ1v) is 8.76. The fourth-order valence-corrected chi connectivity index (χ4v) is 3.40. The van der Waals surface area contributed by atoms with E-state index in [2.05, 4.69) is 23.5 Å². The summed E-state index contributed by atoms with van der Waals surface area (Å²) in [6.07, 6.45) is 0.781. The molecule has 0 aliphatic rings. The predicted octanol–water partition coefficient (Wildman–Crippen LogP) is 1.46. The number of sulfonamides is 1. The van der Waals surface area contributed by atoms with E-state index in [0.29, 0.717) is 24.0 Å². The van der Waals surface area contributed by atoms with E-state index in [9.17, 15) is 8.42 Å². The molecule has 0 atom stereocenters. The molecule has 0 aliphatic heterocycles. The molecule has 6 heteroatoms. The van der Waals surface area contributed by atoms with E-state index in [1.807, 2.05) is 13.1 Å². The molecule has 0 fully saturated rings. The third kappa shape index (κ3) is 5.07. The molecule has 0 saturated carbocycles. The summed E-state index contributed by atoms with van der Waals surface area (Å²) in [5.41, 5.74) is 7.21. The summed E-state index contributed by atoms with van der Waals surface area (Å²) in [7, 11) is -1.43. The Hall–Kier alpha value is -0.950. The quantitative estimate of drug-likeness (QED) is 0.713. The lowest BCUT2D eigenvalue weighted by atomic mass is 10.1. The molecule has 0 aliphatic carbocycles. The van der Waals surface area contributed by atoms with Gasteiger partial charge in [0.1, 0.15) is 0 Å². The zero-order valence-corrected chi connectivity index (χ0v) is 14.2. The molecule has 0 amide bonds. The molecule has 0 heterocycles. The van der Waals surface area contributed by atoms with E-state index in [4.69, 9.17) is 5.73 Å². The SMILES string of the molecule is Cc1c(CN)cccc1S(=O)(=O)NCCCN(C)C(C)C. The lowest BCUT2D eigenvalue weighted by Gasteiger charge is -2.20. The fraction of sp³-hybridized carbons (Fsp3) is 0.600. The minimum Gasteiger partial charge on any atom is -0.326 e. The van der Waals surface area contributed by atoms with Crippen molar-refractivity contribution in [2.75, 3.05) is 20.1 Å². The molecule has 0 saturated heterocycles. The fourth-order valence-electron chi connectivity index (χ4n) is 2.04. The van der Waals surface area contributed by atoms with E-state index in [1.165, 1.54) is 0 Å². The normalized spacial score (nSPS) is 12.3. The summed E-state index contributed by atoms with van der Waals surface area (Å²) < 4.78 is 27.3. The molecule has 0 spiro atoms. The average molecular weight is 313 g/mol. The van der Waals surface area contributed by atoms with Crippen molar-refractivity contribution in [3.63, 3.8) is 0 Å². The molecular formula is C15H27N3O2S. The Morgan fingerprint density at radius 2 is 2.00 bits per heavy atom. The first-order valence-electron chi connectivity index (χ1n) is 7.28. The van der Waals surface area contributed by atoms with Crippen LogP contribution in [-0.4, -0.2) is 39.5 Å². The predicted molar refractivity (Wildman–Crippen MR) is 86.6 cm³/mol. The van der Waals surface area contributed by atoms with Crippen LogP contribution in [0.15, 0.2) is 23.1 Å². The molecule has 0 radical (unpaired) electrons. The maximum absolute atomic E-state index is 12.3. The number of benzene rings is 1. The minimum absolute atomic E-state index is 0.322. The van der Waals surface area contributed by atoms with Crippen molar-refractivity contribution in [2.45, 2.75) is 44.7 Å². The highest BCUT2D eigenvalue weighted by molar-refractivity contribution is 7.89. The number of nitrogens with two attached hydrogens (primary N) is 1. The van der Waals surface area contributed by atoms with Gasteiger partial charge in [-0.15, -0.1) is 0 Å². The Morgan fingerprint density at radius 1 is 1.33 bits per heavy atom. The first kappa shape index (κ1) is 18.1. The van der Waals surface area contributed by atoms with Crippen LogP contribution in [0.3, 0.4) is 0 Å². The van der Waals surface area contributed by atoms with Gasteiger partial charge in [0.05, 0.1) is 4.90 Å². The second-order valence-electron chi connectivity index (χ2n) is 5.57. The molecule has 1 aromatic carbocycles. The van der Waals surface area contributed by atoms with Crippen LogP contribution in [0.5, 0.6) is 0 Å². The molecule has 3 N–H and O–H groups in total. The van der Waals surface area contributed by atoms with Crippen molar-refractivity contribution in [1.29, 1.82) is 0 Å². The van der Waals surface area contributed by atoms with E-state index in [-0.39, 0.29) is 0 Å². The Kier molecular flexibility index (Phi) is 6.80. The highest BCUT2D eigenvalue weighted by atomic mass is 32.2. The molecule has 120 valence electrons. The molecular weight excluding hydrogens is 286 g/mol. The number of rotatable bonds is 8. The van der Waals surface area contributed by atoms with Crippen molar-refractivity contribution in [3.8, 4) is 0 Å². The van der Waals surface area contributed by atoms with Crippen LogP contribution in [0.1, 0.15) is 31.4 Å². The van der Waals surface area contributed by atoms with Crippen LogP contribution in [0.2, 0.25) is 0 Å². The maximum Gasteiger partial charge on any atom is 0.240 e. The highest BCUT2D eigenvalue weighted by Crippen LogP contribution is 2.18. The van der Waals surface area contributed by atoms with Crippen LogP contribution in [0.25, 0.3) is 0 Å². The maximum atomic E-state index is 12.3. The summed E-state index contributed by atoms with van der Waals surface area (Å²) in [5.74, 6) is 0. The topological polar surface area (TPSA) is 75.4 Å². The van der Waals surface area contributed by atoms with Gasteiger partial charge < -0.3 is 10.6 Å². The van der Waals surface area contributed by atoms with Crippen molar-refractivity contribution >= 4 is 10.0 Å². The van der Waals surface area contributed by atoms with Gasteiger partial charge in [-0.3, -0.25) is 0 Å². The molecule has 0 bridgehead atoms. The van der Waals surface area contributed by atoms with E-state index < -0.39 is 10.0 Å². The van der Waals surface area contributed by atoms with Crippen LogP contribution >= 0.6 is 0 Å². The third-order valence-corrected chi connectivity index (χ3v) is 5.37. The third-order valence-electron chi connectivity index (χ3n) is 3.77. The highest BCUT2D eigenvalue weighted by Gasteiger charge is 2.17. The summed E-state index contributed by atoms with van der Waals surface area (Å²) >= 11 is 0. The first-order chi connectivity index (χ1) is 9.79. The summed E-state index contributed by atoms with van der Waals surface area (Å²) in [6, 6.07) is 5.67. The van der Waals surface area contributed by atoms with Gasteiger partial charge in [-0.05, 0) is 58.0 Å². The van der Waals surface area contributed by atoms with E-state index in [0.717, 1.165) is 24.1 Å². The van der Waals surface area contributed by atoms with Gasteiger partial charge in [-0.25, -0.2) is 13.1 Å². The van der Waals surface area contributed by atoms with Gasteiger partial charge in [0.2, 0.25) is 10.0 Å². The Balaban J connectivity index is 2.66. The molecule has 0 aromatic heterocycles. The van der Waals surface area contributed by atoms with Gasteiger partial charge in [0, 0.05) is 19.1 Å². The Morgan fingerprint density at radius 3 is 2.57 bits per heavy atom. The van der Waals surface area contributed by atoms with Crippen LogP contribution in [-0.2, 0) is 16.6 Å². The second-order valence-corrected chi connectivity index (χ2v) is 7.31.